The molecule has 0 spiro atoms. The number of amides is 1. The van der Waals surface area contributed by atoms with E-state index in [2.05, 4.69) is 4.98 Å². The van der Waals surface area contributed by atoms with Crippen LogP contribution in [0.1, 0.15) is 12.0 Å². The summed E-state index contributed by atoms with van der Waals surface area (Å²) in [7, 11) is 0. The number of rotatable bonds is 4. The smallest absolute Gasteiger partial charge is 0.305 e. The first kappa shape index (κ1) is 18.0. The molecule has 1 aromatic carbocycles. The number of benzene rings is 1. The van der Waals surface area contributed by atoms with Crippen LogP contribution in [0.25, 0.3) is 17.0 Å². The van der Waals surface area contributed by atoms with Crippen molar-refractivity contribution in [2.24, 2.45) is 0 Å². The van der Waals surface area contributed by atoms with Gasteiger partial charge in [0.05, 0.1) is 16.8 Å². The highest BCUT2D eigenvalue weighted by Gasteiger charge is 2.32. The van der Waals surface area contributed by atoms with Gasteiger partial charge in [-0.15, -0.1) is 0 Å². The number of hydrogen-bond acceptors (Lipinski definition) is 7. The van der Waals surface area contributed by atoms with Crippen molar-refractivity contribution in [3.05, 3.63) is 33.8 Å². The third-order valence-corrected chi connectivity index (χ3v) is 5.68. The summed E-state index contributed by atoms with van der Waals surface area (Å²) < 4.78 is 11.0. The number of nitrogens with zero attached hydrogens (tertiary/aromatic N) is 2. The molecule has 1 saturated heterocycles. The molecule has 7 nitrogen and oxygen atoms in total. The third kappa shape index (κ3) is 3.45. The van der Waals surface area contributed by atoms with Crippen molar-refractivity contribution in [1.29, 1.82) is 0 Å². The predicted molar refractivity (Wildman–Crippen MR) is 105 cm³/mol. The fourth-order valence-corrected chi connectivity index (χ4v) is 4.20. The number of halogens is 1. The Morgan fingerprint density at radius 1 is 1.37 bits per heavy atom. The lowest BCUT2D eigenvalue weighted by atomic mass is 10.1. The summed E-state index contributed by atoms with van der Waals surface area (Å²) in [6.07, 6.45) is 1.44. The molecule has 10 heteroatoms. The minimum absolute atomic E-state index is 0.0323. The maximum atomic E-state index is 12.5. The molecule has 2 aliphatic heterocycles. The maximum Gasteiger partial charge on any atom is 0.305 e. The molecule has 1 N–H and O–H groups in total. The summed E-state index contributed by atoms with van der Waals surface area (Å²) in [4.78, 5) is 29.3. The lowest BCUT2D eigenvalue weighted by molar-refractivity contribution is -0.137. The molecule has 27 heavy (non-hydrogen) atoms. The van der Waals surface area contributed by atoms with E-state index in [-0.39, 0.29) is 30.8 Å². The van der Waals surface area contributed by atoms with Gasteiger partial charge in [0, 0.05) is 23.6 Å². The van der Waals surface area contributed by atoms with E-state index in [0.717, 1.165) is 17.1 Å². The molecule has 0 unspecified atom stereocenters. The second-order valence-electron chi connectivity index (χ2n) is 5.74. The largest absolute Gasteiger partial charge is 0.481 e. The number of hydrogen-bond donors (Lipinski definition) is 1. The first-order chi connectivity index (χ1) is 12.9. The van der Waals surface area contributed by atoms with E-state index in [4.69, 9.17) is 38.4 Å². The van der Waals surface area contributed by atoms with E-state index in [0.29, 0.717) is 31.8 Å². The van der Waals surface area contributed by atoms with E-state index >= 15 is 0 Å². The van der Waals surface area contributed by atoms with Gasteiger partial charge in [0.2, 0.25) is 6.79 Å². The van der Waals surface area contributed by atoms with Crippen LogP contribution in [0.4, 0.5) is 0 Å². The van der Waals surface area contributed by atoms with Gasteiger partial charge >= 0.3 is 5.97 Å². The van der Waals surface area contributed by atoms with Crippen LogP contribution in [-0.4, -0.2) is 44.5 Å². The predicted octanol–water partition coefficient (Wildman–Crippen LogP) is 3.29. The Morgan fingerprint density at radius 2 is 2.11 bits per heavy atom. The van der Waals surface area contributed by atoms with Crippen molar-refractivity contribution in [3.63, 3.8) is 0 Å². The zero-order valence-corrected chi connectivity index (χ0v) is 16.0. The number of carbonyl (C=O) groups excluding carboxylic acids is 1. The second kappa shape index (κ2) is 6.99. The molecule has 138 valence electrons. The van der Waals surface area contributed by atoms with Crippen LogP contribution in [0.3, 0.4) is 0 Å². The lowest BCUT2D eigenvalue weighted by Gasteiger charge is -2.12. The normalized spacial score (nSPS) is 17.4. The van der Waals surface area contributed by atoms with Gasteiger partial charge in [0.1, 0.15) is 9.47 Å². The number of carboxylic acid groups (broad SMARTS) is 1. The molecule has 1 aromatic heterocycles. The topological polar surface area (TPSA) is 89.0 Å². The van der Waals surface area contributed by atoms with Gasteiger partial charge < -0.3 is 14.6 Å². The summed E-state index contributed by atoms with van der Waals surface area (Å²) in [5.41, 5.74) is 1.21. The van der Waals surface area contributed by atoms with Gasteiger partial charge in [-0.25, -0.2) is 4.98 Å². The summed E-state index contributed by atoms with van der Waals surface area (Å²) in [6.45, 7) is 0.190. The highest BCUT2D eigenvalue weighted by molar-refractivity contribution is 8.26. The van der Waals surface area contributed by atoms with E-state index < -0.39 is 5.97 Å². The average Bonchev–Trinajstić information content (AvgIpc) is 3.16. The summed E-state index contributed by atoms with van der Waals surface area (Å²) in [6, 6.07) is 5.35. The maximum absolute atomic E-state index is 12.5. The van der Waals surface area contributed by atoms with Crippen LogP contribution in [0.15, 0.2) is 23.1 Å². The molecular weight excluding hydrogens is 412 g/mol. The molecule has 0 radical (unpaired) electrons. The summed E-state index contributed by atoms with van der Waals surface area (Å²) in [5, 5.41) is 9.83. The number of fused-ring (bicyclic) bond motifs is 2. The SMILES string of the molecule is O=C(O)CCN1C(=O)/C(=C\c2cc3cc4c(cc3nc2Cl)OCO4)SC1=S. The van der Waals surface area contributed by atoms with Crippen LogP contribution in [0.5, 0.6) is 11.5 Å². The van der Waals surface area contributed by atoms with E-state index in [1.807, 2.05) is 0 Å². The average molecular weight is 423 g/mol. The number of aliphatic carboxylic acids is 1. The number of thioether (sulfide) groups is 1. The number of aromatic nitrogens is 1. The quantitative estimate of drug-likeness (QED) is 0.456. The van der Waals surface area contributed by atoms with Gasteiger partial charge in [0.25, 0.3) is 5.91 Å². The molecule has 0 bridgehead atoms. The Hall–Kier alpha value is -2.36. The van der Waals surface area contributed by atoms with Crippen molar-refractivity contribution in [2.45, 2.75) is 6.42 Å². The highest BCUT2D eigenvalue weighted by atomic mass is 35.5. The van der Waals surface area contributed by atoms with Gasteiger partial charge in [0.15, 0.2) is 11.5 Å². The van der Waals surface area contributed by atoms with Gasteiger partial charge in [-0.3, -0.25) is 14.5 Å². The van der Waals surface area contributed by atoms with Crippen molar-refractivity contribution >= 4 is 68.8 Å². The van der Waals surface area contributed by atoms with Gasteiger partial charge in [-0.05, 0) is 18.2 Å². The Labute approximate surface area is 167 Å². The minimum Gasteiger partial charge on any atom is -0.481 e. The highest BCUT2D eigenvalue weighted by Crippen LogP contribution is 2.38. The molecule has 0 atom stereocenters. The molecule has 1 fully saturated rings. The first-order valence-corrected chi connectivity index (χ1v) is 9.40. The molecular formula is C17H11ClN2O5S2. The number of carboxylic acids is 1. The fourth-order valence-electron chi connectivity index (χ4n) is 2.70. The lowest BCUT2D eigenvalue weighted by Crippen LogP contribution is -2.30. The van der Waals surface area contributed by atoms with Crippen molar-refractivity contribution in [1.82, 2.24) is 9.88 Å². The molecule has 0 saturated carbocycles. The molecule has 3 heterocycles. The molecule has 4 rings (SSSR count). The summed E-state index contributed by atoms with van der Waals surface area (Å²) in [5.74, 6) is -0.0997. The molecule has 2 aromatic rings. The van der Waals surface area contributed by atoms with Crippen molar-refractivity contribution in [3.8, 4) is 11.5 Å². The van der Waals surface area contributed by atoms with Crippen molar-refractivity contribution < 1.29 is 24.2 Å². The van der Waals surface area contributed by atoms with Crippen molar-refractivity contribution in [2.75, 3.05) is 13.3 Å². The van der Waals surface area contributed by atoms with Gasteiger partial charge in [-0.1, -0.05) is 35.6 Å². The fraction of sp³-hybridized carbons (Fsp3) is 0.176. The first-order valence-electron chi connectivity index (χ1n) is 7.79. The van der Waals surface area contributed by atoms with Crippen LogP contribution in [0, 0.1) is 0 Å². The zero-order chi connectivity index (χ0) is 19.1. The number of pyridine rings is 1. The number of carbonyl (C=O) groups is 2. The number of ether oxygens (including phenoxy) is 2. The summed E-state index contributed by atoms with van der Waals surface area (Å²) >= 11 is 12.6. The second-order valence-corrected chi connectivity index (χ2v) is 7.78. The van der Waals surface area contributed by atoms with Crippen LogP contribution in [-0.2, 0) is 9.59 Å². The zero-order valence-electron chi connectivity index (χ0n) is 13.6. The van der Waals surface area contributed by atoms with Crippen LogP contribution in [0.2, 0.25) is 5.15 Å². The van der Waals surface area contributed by atoms with E-state index in [1.165, 1.54) is 4.90 Å². The monoisotopic (exact) mass is 422 g/mol. The Kier molecular flexibility index (Phi) is 4.67. The molecule has 2 aliphatic rings. The molecule has 1 amide bonds. The number of thiocarbonyl (C=S) groups is 1. The Balaban J connectivity index is 1.67. The molecule has 0 aliphatic carbocycles. The standard InChI is InChI=1S/C17H11ClN2O5S2/c18-15-9(3-8-4-11-12(25-7-24-11)6-10(8)19-15)5-13-16(23)20(17(26)27-13)2-1-14(21)22/h3-6H,1-2,7H2,(H,21,22)/b13-5+. The Bertz CT molecular complexity index is 1040. The van der Waals surface area contributed by atoms with Crippen LogP contribution >= 0.6 is 35.6 Å². The van der Waals surface area contributed by atoms with E-state index in [9.17, 15) is 9.59 Å². The van der Waals surface area contributed by atoms with Crippen LogP contribution < -0.4 is 9.47 Å². The van der Waals surface area contributed by atoms with Gasteiger partial charge in [-0.2, -0.15) is 0 Å². The minimum atomic E-state index is -0.992. The van der Waals surface area contributed by atoms with E-state index in [1.54, 1.807) is 24.3 Å². The Morgan fingerprint density at radius 3 is 2.85 bits per heavy atom. The third-order valence-electron chi connectivity index (χ3n) is 4.00.